The van der Waals surface area contributed by atoms with E-state index in [0.29, 0.717) is 11.0 Å². The van der Waals surface area contributed by atoms with Gasteiger partial charge in [0.2, 0.25) is 0 Å². The summed E-state index contributed by atoms with van der Waals surface area (Å²) in [4.78, 5) is 0. The molecule has 0 aliphatic heterocycles. The first-order valence-electron chi connectivity index (χ1n) is 3.97. The van der Waals surface area contributed by atoms with Crippen LogP contribution in [-0.2, 0) is 0 Å². The Hall–Kier alpha value is -0.180. The van der Waals surface area contributed by atoms with E-state index < -0.39 is 5.92 Å². The van der Waals surface area contributed by atoms with E-state index >= 15 is 0 Å². The first-order valence-corrected chi connectivity index (χ1v) is 3.97. The number of quaternary nitrogens is 1. The molecule has 68 valence electrons. The molecule has 0 spiro atoms. The van der Waals surface area contributed by atoms with Crippen molar-refractivity contribution in [3.8, 4) is 0 Å². The van der Waals surface area contributed by atoms with Gasteiger partial charge in [-0.3, -0.25) is 0 Å². The van der Waals surface area contributed by atoms with Crippen molar-refractivity contribution in [3.05, 3.63) is 0 Å². The summed E-state index contributed by atoms with van der Waals surface area (Å²) in [6, 6.07) is 0. The Morgan fingerprint density at radius 2 is 1.73 bits per heavy atom. The second-order valence-electron chi connectivity index (χ2n) is 3.80. The summed E-state index contributed by atoms with van der Waals surface area (Å²) in [6.45, 7) is 4.42. The predicted molar refractivity (Wildman–Crippen MR) is 42.8 cm³/mol. The Labute approximate surface area is 67.6 Å². The number of rotatable bonds is 4. The Morgan fingerprint density at radius 1 is 1.27 bits per heavy atom. The second kappa shape index (κ2) is 3.48. The first-order chi connectivity index (χ1) is 4.77. The minimum Gasteiger partial charge on any atom is -0.329 e. The predicted octanol–water partition coefficient (Wildman–Crippen LogP) is 2.13. The van der Waals surface area contributed by atoms with Crippen LogP contribution in [0.1, 0.15) is 20.3 Å². The lowest BCUT2D eigenvalue weighted by atomic mass is 10.2. The zero-order valence-electron chi connectivity index (χ0n) is 7.82. The van der Waals surface area contributed by atoms with Crippen molar-refractivity contribution < 1.29 is 13.3 Å². The summed E-state index contributed by atoms with van der Waals surface area (Å²) >= 11 is 0. The van der Waals surface area contributed by atoms with Crippen molar-refractivity contribution in [3.63, 3.8) is 0 Å². The molecule has 0 aromatic rings. The average Bonchev–Trinajstić information content (AvgIpc) is 1.83. The summed E-state index contributed by atoms with van der Waals surface area (Å²) in [5.41, 5.74) is 0. The van der Waals surface area contributed by atoms with Gasteiger partial charge in [0, 0.05) is 0 Å². The van der Waals surface area contributed by atoms with Crippen molar-refractivity contribution in [2.75, 3.05) is 27.2 Å². The van der Waals surface area contributed by atoms with Gasteiger partial charge in [-0.2, -0.15) is 0 Å². The topological polar surface area (TPSA) is 0 Å². The molecule has 11 heavy (non-hydrogen) atoms. The maximum Gasteiger partial charge on any atom is 0.250 e. The second-order valence-corrected chi connectivity index (χ2v) is 3.80. The fraction of sp³-hybridized carbons (Fsp3) is 1.00. The van der Waals surface area contributed by atoms with E-state index in [1.807, 2.05) is 21.0 Å². The fourth-order valence-corrected chi connectivity index (χ4v) is 0.657. The summed E-state index contributed by atoms with van der Waals surface area (Å²) in [6.07, 6.45) is -0.0200. The molecule has 0 fully saturated rings. The molecule has 3 heteroatoms. The minimum atomic E-state index is -2.51. The van der Waals surface area contributed by atoms with Gasteiger partial charge >= 0.3 is 0 Å². The van der Waals surface area contributed by atoms with Crippen LogP contribution in [0.3, 0.4) is 0 Å². The molecular formula is C8H18F2N+. The van der Waals surface area contributed by atoms with Crippen molar-refractivity contribution in [2.24, 2.45) is 0 Å². The van der Waals surface area contributed by atoms with Gasteiger partial charge in [-0.1, -0.05) is 0 Å². The van der Waals surface area contributed by atoms with Crippen LogP contribution in [0.15, 0.2) is 0 Å². The van der Waals surface area contributed by atoms with Crippen LogP contribution in [0.2, 0.25) is 0 Å². The Balaban J connectivity index is 3.70. The molecular weight excluding hydrogens is 148 g/mol. The molecule has 0 amide bonds. The first kappa shape index (κ1) is 10.8. The zero-order valence-corrected chi connectivity index (χ0v) is 7.82. The van der Waals surface area contributed by atoms with E-state index in [4.69, 9.17) is 0 Å². The highest BCUT2D eigenvalue weighted by Crippen LogP contribution is 2.17. The molecule has 0 heterocycles. The van der Waals surface area contributed by atoms with Gasteiger partial charge in [0.15, 0.2) is 0 Å². The highest BCUT2D eigenvalue weighted by molar-refractivity contribution is 4.56. The lowest BCUT2D eigenvalue weighted by molar-refractivity contribution is -0.889. The molecule has 0 unspecified atom stereocenters. The lowest BCUT2D eigenvalue weighted by Gasteiger charge is -2.29. The van der Waals surface area contributed by atoms with Crippen LogP contribution in [0, 0.1) is 0 Å². The van der Waals surface area contributed by atoms with E-state index in [-0.39, 0.29) is 6.42 Å². The molecule has 1 nitrogen and oxygen atoms in total. The molecule has 0 bridgehead atoms. The average molecular weight is 166 g/mol. The van der Waals surface area contributed by atoms with Crippen molar-refractivity contribution in [1.82, 2.24) is 0 Å². The Kier molecular flexibility index (Phi) is 3.42. The van der Waals surface area contributed by atoms with Gasteiger partial charge in [-0.15, -0.1) is 0 Å². The molecule has 0 radical (unpaired) electrons. The van der Waals surface area contributed by atoms with Crippen LogP contribution in [0.4, 0.5) is 8.78 Å². The molecule has 0 saturated carbocycles. The third-order valence-corrected chi connectivity index (χ3v) is 2.01. The van der Waals surface area contributed by atoms with Crippen LogP contribution in [-0.4, -0.2) is 37.6 Å². The SMILES string of the molecule is CC[N+](C)(C)CCC(C)(F)F. The van der Waals surface area contributed by atoms with Crippen LogP contribution in [0.5, 0.6) is 0 Å². The largest absolute Gasteiger partial charge is 0.329 e. The van der Waals surface area contributed by atoms with E-state index in [9.17, 15) is 8.78 Å². The Bertz CT molecular complexity index is 116. The van der Waals surface area contributed by atoms with E-state index in [1.54, 1.807) is 0 Å². The van der Waals surface area contributed by atoms with E-state index in [2.05, 4.69) is 0 Å². The van der Waals surface area contributed by atoms with Crippen molar-refractivity contribution in [1.29, 1.82) is 0 Å². The van der Waals surface area contributed by atoms with Gasteiger partial charge in [0.05, 0.1) is 33.6 Å². The highest BCUT2D eigenvalue weighted by atomic mass is 19.3. The summed E-state index contributed by atoms with van der Waals surface area (Å²) in [7, 11) is 3.93. The third kappa shape index (κ3) is 6.23. The van der Waals surface area contributed by atoms with Gasteiger partial charge in [-0.25, -0.2) is 8.78 Å². The molecule has 0 atom stereocenters. The van der Waals surface area contributed by atoms with E-state index in [1.165, 1.54) is 0 Å². The molecule has 0 N–H and O–H groups in total. The number of halogens is 2. The summed E-state index contributed by atoms with van der Waals surface area (Å²) < 4.78 is 25.4. The molecule has 0 aromatic heterocycles. The molecule has 0 saturated heterocycles. The van der Waals surface area contributed by atoms with Crippen molar-refractivity contribution in [2.45, 2.75) is 26.2 Å². The third-order valence-electron chi connectivity index (χ3n) is 2.01. The summed E-state index contributed by atoms with van der Waals surface area (Å²) in [5.74, 6) is -2.51. The van der Waals surface area contributed by atoms with Gasteiger partial charge in [0.1, 0.15) is 0 Å². The smallest absolute Gasteiger partial charge is 0.250 e. The number of hydrogen-bond donors (Lipinski definition) is 0. The van der Waals surface area contributed by atoms with Crippen LogP contribution in [0.25, 0.3) is 0 Å². The van der Waals surface area contributed by atoms with Crippen LogP contribution < -0.4 is 0 Å². The zero-order chi connectivity index (χ0) is 9.12. The summed E-state index contributed by atoms with van der Waals surface area (Å²) in [5, 5.41) is 0. The molecule has 0 aromatic carbocycles. The van der Waals surface area contributed by atoms with E-state index in [0.717, 1.165) is 13.5 Å². The fourth-order valence-electron chi connectivity index (χ4n) is 0.657. The molecule has 0 aliphatic rings. The number of alkyl halides is 2. The quantitative estimate of drug-likeness (QED) is 0.561. The monoisotopic (exact) mass is 166 g/mol. The van der Waals surface area contributed by atoms with Gasteiger partial charge in [-0.05, 0) is 13.8 Å². The number of hydrogen-bond acceptors (Lipinski definition) is 0. The number of nitrogens with zero attached hydrogens (tertiary/aromatic N) is 1. The molecule has 0 rings (SSSR count). The normalized spacial score (nSPS) is 13.6. The van der Waals surface area contributed by atoms with Crippen molar-refractivity contribution >= 4 is 0 Å². The maximum absolute atomic E-state index is 12.4. The molecule has 0 aliphatic carbocycles. The Morgan fingerprint density at radius 3 is 2.00 bits per heavy atom. The maximum atomic E-state index is 12.4. The van der Waals surface area contributed by atoms with Gasteiger partial charge < -0.3 is 4.48 Å². The lowest BCUT2D eigenvalue weighted by Crippen LogP contribution is -2.41. The van der Waals surface area contributed by atoms with Crippen LogP contribution >= 0.6 is 0 Å². The minimum absolute atomic E-state index is 0.0200. The highest BCUT2D eigenvalue weighted by Gasteiger charge is 2.25. The standard InChI is InChI=1S/C8H18F2N/c1-5-11(3,4)7-6-8(2,9)10/h5-7H2,1-4H3/q+1. The van der Waals surface area contributed by atoms with Gasteiger partial charge in [0.25, 0.3) is 5.92 Å².